The third-order valence-corrected chi connectivity index (χ3v) is 3.33. The van der Waals surface area contributed by atoms with Crippen molar-refractivity contribution in [1.82, 2.24) is 20.0 Å². The summed E-state index contributed by atoms with van der Waals surface area (Å²) in [4.78, 5) is 14.3. The average molecular weight is 236 g/mol. The Hall–Kier alpha value is -1.36. The SMILES string of the molecule is CNC(C(=O)N1CCC(C)C1)c1cnn(C)c1. The van der Waals surface area contributed by atoms with E-state index in [-0.39, 0.29) is 11.9 Å². The second-order valence-electron chi connectivity index (χ2n) is 4.85. The van der Waals surface area contributed by atoms with E-state index in [4.69, 9.17) is 0 Å². The first kappa shape index (κ1) is 12.1. The van der Waals surface area contributed by atoms with Crippen molar-refractivity contribution >= 4 is 5.91 Å². The standard InChI is InChI=1S/C12H20N4O/c1-9-4-5-16(7-9)12(17)11(13-2)10-6-14-15(3)8-10/h6,8-9,11,13H,4-5,7H2,1-3H3. The number of aromatic nitrogens is 2. The van der Waals surface area contributed by atoms with Crippen LogP contribution in [0.5, 0.6) is 0 Å². The fourth-order valence-corrected chi connectivity index (χ4v) is 2.34. The van der Waals surface area contributed by atoms with Crippen LogP contribution in [0.4, 0.5) is 0 Å². The zero-order valence-electron chi connectivity index (χ0n) is 10.7. The van der Waals surface area contributed by atoms with Gasteiger partial charge < -0.3 is 10.2 Å². The normalized spacial score (nSPS) is 21.8. The minimum atomic E-state index is -0.269. The number of rotatable bonds is 3. The number of nitrogens with zero attached hydrogens (tertiary/aromatic N) is 3. The van der Waals surface area contributed by atoms with Gasteiger partial charge in [-0.25, -0.2) is 0 Å². The lowest BCUT2D eigenvalue weighted by molar-refractivity contribution is -0.132. The molecular formula is C12H20N4O. The maximum absolute atomic E-state index is 12.4. The van der Waals surface area contributed by atoms with Gasteiger partial charge in [-0.2, -0.15) is 5.10 Å². The van der Waals surface area contributed by atoms with Crippen LogP contribution in [0, 0.1) is 5.92 Å². The Morgan fingerprint density at radius 2 is 2.41 bits per heavy atom. The molecule has 2 atom stereocenters. The largest absolute Gasteiger partial charge is 0.341 e. The van der Waals surface area contributed by atoms with Gasteiger partial charge in [0.15, 0.2) is 0 Å². The molecule has 17 heavy (non-hydrogen) atoms. The molecule has 0 bridgehead atoms. The summed E-state index contributed by atoms with van der Waals surface area (Å²) in [7, 11) is 3.67. The molecule has 0 aromatic carbocycles. The van der Waals surface area contributed by atoms with Crippen molar-refractivity contribution in [1.29, 1.82) is 0 Å². The summed E-state index contributed by atoms with van der Waals surface area (Å²) < 4.78 is 1.72. The predicted molar refractivity (Wildman–Crippen MR) is 65.4 cm³/mol. The van der Waals surface area contributed by atoms with Crippen LogP contribution in [-0.4, -0.2) is 40.7 Å². The highest BCUT2D eigenvalue weighted by atomic mass is 16.2. The van der Waals surface area contributed by atoms with Crippen molar-refractivity contribution in [2.45, 2.75) is 19.4 Å². The fourth-order valence-electron chi connectivity index (χ4n) is 2.34. The molecule has 1 amide bonds. The van der Waals surface area contributed by atoms with Crippen LogP contribution in [0.2, 0.25) is 0 Å². The quantitative estimate of drug-likeness (QED) is 0.834. The Bertz CT molecular complexity index is 401. The summed E-state index contributed by atoms with van der Waals surface area (Å²) in [6.07, 6.45) is 4.74. The van der Waals surface area contributed by atoms with Crippen molar-refractivity contribution in [3.63, 3.8) is 0 Å². The molecule has 1 aliphatic rings. The number of nitrogens with one attached hydrogen (secondary N) is 1. The number of amides is 1. The lowest BCUT2D eigenvalue weighted by atomic mass is 10.1. The number of carbonyl (C=O) groups excluding carboxylic acids is 1. The maximum Gasteiger partial charge on any atom is 0.244 e. The summed E-state index contributed by atoms with van der Waals surface area (Å²) in [5, 5.41) is 7.19. The molecule has 1 aromatic heterocycles. The number of carbonyl (C=O) groups is 1. The summed E-state index contributed by atoms with van der Waals surface area (Å²) in [5.41, 5.74) is 0.930. The van der Waals surface area contributed by atoms with E-state index in [0.29, 0.717) is 5.92 Å². The zero-order chi connectivity index (χ0) is 12.4. The number of hydrogen-bond acceptors (Lipinski definition) is 3. The van der Waals surface area contributed by atoms with Crippen LogP contribution in [-0.2, 0) is 11.8 Å². The Morgan fingerprint density at radius 3 is 2.88 bits per heavy atom. The summed E-state index contributed by atoms with van der Waals surface area (Å²) in [6.45, 7) is 3.93. The van der Waals surface area contributed by atoms with Crippen molar-refractivity contribution < 1.29 is 4.79 Å². The molecule has 1 aromatic rings. The van der Waals surface area contributed by atoms with E-state index in [1.54, 1.807) is 10.9 Å². The maximum atomic E-state index is 12.4. The average Bonchev–Trinajstić information content (AvgIpc) is 2.89. The number of aryl methyl sites for hydroxylation is 1. The zero-order valence-corrected chi connectivity index (χ0v) is 10.7. The molecule has 2 rings (SSSR count). The van der Waals surface area contributed by atoms with Crippen LogP contribution in [0.25, 0.3) is 0 Å². The first-order chi connectivity index (χ1) is 8.11. The first-order valence-corrected chi connectivity index (χ1v) is 6.06. The van der Waals surface area contributed by atoms with Gasteiger partial charge in [-0.3, -0.25) is 9.48 Å². The Labute approximate surface area is 102 Å². The van der Waals surface area contributed by atoms with Crippen molar-refractivity contribution in [2.75, 3.05) is 20.1 Å². The van der Waals surface area contributed by atoms with Crippen molar-refractivity contribution in [3.8, 4) is 0 Å². The van der Waals surface area contributed by atoms with Crippen LogP contribution in [0.15, 0.2) is 12.4 Å². The molecule has 0 spiro atoms. The Morgan fingerprint density at radius 1 is 1.65 bits per heavy atom. The van der Waals surface area contributed by atoms with E-state index < -0.39 is 0 Å². The number of likely N-dealkylation sites (N-methyl/N-ethyl adjacent to an activating group) is 1. The van der Waals surface area contributed by atoms with Gasteiger partial charge in [-0.15, -0.1) is 0 Å². The van der Waals surface area contributed by atoms with Crippen molar-refractivity contribution in [2.24, 2.45) is 13.0 Å². The molecular weight excluding hydrogens is 216 g/mol. The Balaban J connectivity index is 2.10. The highest BCUT2D eigenvalue weighted by Gasteiger charge is 2.29. The van der Waals surface area contributed by atoms with Gasteiger partial charge in [-0.05, 0) is 19.4 Å². The van der Waals surface area contributed by atoms with Crippen LogP contribution >= 0.6 is 0 Å². The lowest BCUT2D eigenvalue weighted by Gasteiger charge is -2.22. The molecule has 1 saturated heterocycles. The van der Waals surface area contributed by atoms with Gasteiger partial charge in [0, 0.05) is 31.9 Å². The van der Waals surface area contributed by atoms with E-state index in [9.17, 15) is 4.79 Å². The summed E-state index contributed by atoms with van der Waals surface area (Å²) in [5.74, 6) is 0.773. The molecule has 2 heterocycles. The van der Waals surface area contributed by atoms with E-state index >= 15 is 0 Å². The smallest absolute Gasteiger partial charge is 0.244 e. The molecule has 1 N–H and O–H groups in total. The molecule has 5 nitrogen and oxygen atoms in total. The number of hydrogen-bond donors (Lipinski definition) is 1. The highest BCUT2D eigenvalue weighted by molar-refractivity contribution is 5.83. The van der Waals surface area contributed by atoms with Gasteiger partial charge >= 0.3 is 0 Å². The third-order valence-electron chi connectivity index (χ3n) is 3.33. The van der Waals surface area contributed by atoms with E-state index in [1.165, 1.54) is 0 Å². The van der Waals surface area contributed by atoms with Crippen LogP contribution < -0.4 is 5.32 Å². The second kappa shape index (κ2) is 4.87. The minimum Gasteiger partial charge on any atom is -0.341 e. The van der Waals surface area contributed by atoms with Crippen molar-refractivity contribution in [3.05, 3.63) is 18.0 Å². The minimum absolute atomic E-state index is 0.157. The van der Waals surface area contributed by atoms with E-state index in [0.717, 1.165) is 25.1 Å². The van der Waals surface area contributed by atoms with Crippen LogP contribution in [0.3, 0.4) is 0 Å². The molecule has 1 fully saturated rings. The molecule has 0 saturated carbocycles. The molecule has 0 aliphatic carbocycles. The summed E-state index contributed by atoms with van der Waals surface area (Å²) >= 11 is 0. The molecule has 1 aliphatic heterocycles. The molecule has 94 valence electrons. The fraction of sp³-hybridized carbons (Fsp3) is 0.667. The lowest BCUT2D eigenvalue weighted by Crippen LogP contribution is -2.38. The predicted octanol–water partition coefficient (Wildman–Crippen LogP) is 0.549. The number of likely N-dealkylation sites (tertiary alicyclic amines) is 1. The topological polar surface area (TPSA) is 50.2 Å². The first-order valence-electron chi connectivity index (χ1n) is 6.06. The van der Waals surface area contributed by atoms with Crippen LogP contribution in [0.1, 0.15) is 24.9 Å². The van der Waals surface area contributed by atoms with Gasteiger partial charge in [0.2, 0.25) is 5.91 Å². The highest BCUT2D eigenvalue weighted by Crippen LogP contribution is 2.21. The molecule has 0 radical (unpaired) electrons. The Kier molecular flexibility index (Phi) is 3.47. The van der Waals surface area contributed by atoms with Gasteiger partial charge in [-0.1, -0.05) is 6.92 Å². The van der Waals surface area contributed by atoms with Gasteiger partial charge in [0.25, 0.3) is 0 Å². The van der Waals surface area contributed by atoms with Gasteiger partial charge in [0.05, 0.1) is 6.20 Å². The second-order valence-corrected chi connectivity index (χ2v) is 4.85. The van der Waals surface area contributed by atoms with E-state index in [1.807, 2.05) is 25.2 Å². The van der Waals surface area contributed by atoms with Gasteiger partial charge in [0.1, 0.15) is 6.04 Å². The monoisotopic (exact) mass is 236 g/mol. The van der Waals surface area contributed by atoms with E-state index in [2.05, 4.69) is 17.3 Å². The molecule has 5 heteroatoms. The third kappa shape index (κ3) is 2.49. The summed E-state index contributed by atoms with van der Waals surface area (Å²) in [6, 6.07) is -0.269. The molecule has 2 unspecified atom stereocenters.